The molecule has 2 heteroatoms. The molecule has 0 radical (unpaired) electrons. The summed E-state index contributed by atoms with van der Waals surface area (Å²) in [6, 6.07) is 5.27. The van der Waals surface area contributed by atoms with Crippen LogP contribution in [0, 0.1) is 12.7 Å². The van der Waals surface area contributed by atoms with Gasteiger partial charge in [0.05, 0.1) is 0 Å². The highest BCUT2D eigenvalue weighted by atomic mass is 79.9. The molecule has 1 aromatic carbocycles. The monoisotopic (exact) mass is 242 g/mol. The second kappa shape index (κ2) is 5.18. The highest BCUT2D eigenvalue weighted by molar-refractivity contribution is 9.09. The second-order valence-corrected chi connectivity index (χ2v) is 3.68. The summed E-state index contributed by atoms with van der Waals surface area (Å²) < 4.78 is 13.0. The quantitative estimate of drug-likeness (QED) is 0.705. The van der Waals surface area contributed by atoms with Gasteiger partial charge in [-0.25, -0.2) is 4.39 Å². The van der Waals surface area contributed by atoms with E-state index >= 15 is 0 Å². The molecule has 0 fully saturated rings. The van der Waals surface area contributed by atoms with Crippen molar-refractivity contribution in [3.8, 4) is 0 Å². The van der Waals surface area contributed by atoms with Gasteiger partial charge in [0.15, 0.2) is 0 Å². The summed E-state index contributed by atoms with van der Waals surface area (Å²) in [5.41, 5.74) is 1.61. The van der Waals surface area contributed by atoms with E-state index in [-0.39, 0.29) is 5.82 Å². The number of rotatable bonds is 3. The average molecular weight is 243 g/mol. The Morgan fingerprint density at radius 3 is 2.85 bits per heavy atom. The fourth-order valence-corrected chi connectivity index (χ4v) is 1.26. The van der Waals surface area contributed by atoms with Gasteiger partial charge in [-0.2, -0.15) is 0 Å². The Kier molecular flexibility index (Phi) is 4.16. The van der Waals surface area contributed by atoms with Crippen LogP contribution in [0.15, 0.2) is 24.3 Å². The molecule has 0 atom stereocenters. The SMILES string of the molecule is Cc1ccc(C=CCCBr)cc1F. The molecule has 0 saturated carbocycles. The Labute approximate surface area is 86.6 Å². The lowest BCUT2D eigenvalue weighted by atomic mass is 10.1. The van der Waals surface area contributed by atoms with Crippen LogP contribution < -0.4 is 0 Å². The van der Waals surface area contributed by atoms with Gasteiger partial charge in [0.1, 0.15) is 5.82 Å². The van der Waals surface area contributed by atoms with Crippen LogP contribution in [0.1, 0.15) is 17.5 Å². The predicted molar refractivity (Wildman–Crippen MR) is 58.6 cm³/mol. The van der Waals surface area contributed by atoms with Crippen LogP contribution >= 0.6 is 15.9 Å². The maximum absolute atomic E-state index is 13.0. The molecule has 70 valence electrons. The largest absolute Gasteiger partial charge is 0.207 e. The van der Waals surface area contributed by atoms with Gasteiger partial charge in [0.2, 0.25) is 0 Å². The molecule has 0 N–H and O–H groups in total. The fourth-order valence-electron chi connectivity index (χ4n) is 0.995. The molecule has 0 nitrogen and oxygen atoms in total. The van der Waals surface area contributed by atoms with Gasteiger partial charge in [-0.05, 0) is 30.5 Å². The minimum Gasteiger partial charge on any atom is -0.207 e. The molecule has 0 heterocycles. The van der Waals surface area contributed by atoms with Crippen LogP contribution in [0.4, 0.5) is 4.39 Å². The molecule has 0 unspecified atom stereocenters. The zero-order valence-corrected chi connectivity index (χ0v) is 9.14. The van der Waals surface area contributed by atoms with E-state index in [1.165, 1.54) is 0 Å². The topological polar surface area (TPSA) is 0 Å². The van der Waals surface area contributed by atoms with Crippen molar-refractivity contribution < 1.29 is 4.39 Å². The van der Waals surface area contributed by atoms with E-state index in [1.807, 2.05) is 18.2 Å². The lowest BCUT2D eigenvalue weighted by Crippen LogP contribution is -1.82. The third kappa shape index (κ3) is 3.31. The van der Waals surface area contributed by atoms with Crippen LogP contribution in [0.25, 0.3) is 6.08 Å². The molecule has 0 saturated heterocycles. The van der Waals surface area contributed by atoms with Crippen LogP contribution in [0.3, 0.4) is 0 Å². The van der Waals surface area contributed by atoms with Gasteiger partial charge >= 0.3 is 0 Å². The minimum absolute atomic E-state index is 0.138. The highest BCUT2D eigenvalue weighted by Gasteiger charge is 1.95. The molecule has 0 aliphatic rings. The lowest BCUT2D eigenvalue weighted by molar-refractivity contribution is 0.618. The molecule has 1 aromatic rings. The van der Waals surface area contributed by atoms with Crippen molar-refractivity contribution in [3.05, 3.63) is 41.2 Å². The summed E-state index contributed by atoms with van der Waals surface area (Å²) in [5, 5.41) is 0.942. The van der Waals surface area contributed by atoms with Crippen molar-refractivity contribution in [2.45, 2.75) is 13.3 Å². The van der Waals surface area contributed by atoms with Crippen molar-refractivity contribution >= 4 is 22.0 Å². The first-order valence-corrected chi connectivity index (χ1v) is 5.35. The van der Waals surface area contributed by atoms with Crippen molar-refractivity contribution in [1.29, 1.82) is 0 Å². The molecule has 0 bridgehead atoms. The summed E-state index contributed by atoms with van der Waals surface area (Å²) >= 11 is 3.32. The Bertz CT molecular complexity index is 305. The van der Waals surface area contributed by atoms with Crippen molar-refractivity contribution in [2.24, 2.45) is 0 Å². The summed E-state index contributed by atoms with van der Waals surface area (Å²) in [7, 11) is 0. The standard InChI is InChI=1S/C11H12BrF/c1-9-5-6-10(8-11(9)13)4-2-3-7-12/h2,4-6,8H,3,7H2,1H3. The molecule has 0 aliphatic heterocycles. The maximum Gasteiger partial charge on any atom is 0.126 e. The maximum atomic E-state index is 13.0. The third-order valence-electron chi connectivity index (χ3n) is 1.78. The van der Waals surface area contributed by atoms with Gasteiger partial charge in [-0.15, -0.1) is 0 Å². The van der Waals surface area contributed by atoms with Gasteiger partial charge in [0, 0.05) is 5.33 Å². The molecule has 0 aromatic heterocycles. The summed E-state index contributed by atoms with van der Waals surface area (Å²) in [6.07, 6.45) is 4.93. The Hall–Kier alpha value is -0.630. The van der Waals surface area contributed by atoms with Crippen molar-refractivity contribution in [2.75, 3.05) is 5.33 Å². The number of hydrogen-bond donors (Lipinski definition) is 0. The lowest BCUT2D eigenvalue weighted by Gasteiger charge is -1.97. The molecular formula is C11H12BrF. The van der Waals surface area contributed by atoms with E-state index in [0.717, 1.165) is 17.3 Å². The molecular weight excluding hydrogens is 231 g/mol. The van der Waals surface area contributed by atoms with Crippen LogP contribution in [0.2, 0.25) is 0 Å². The van der Waals surface area contributed by atoms with Crippen LogP contribution in [-0.2, 0) is 0 Å². The van der Waals surface area contributed by atoms with Gasteiger partial charge in [0.25, 0.3) is 0 Å². The Morgan fingerprint density at radius 1 is 1.46 bits per heavy atom. The van der Waals surface area contributed by atoms with Crippen LogP contribution in [-0.4, -0.2) is 5.33 Å². The number of alkyl halides is 1. The van der Waals surface area contributed by atoms with Gasteiger partial charge < -0.3 is 0 Å². The summed E-state index contributed by atoms with van der Waals surface area (Å²) in [4.78, 5) is 0. The minimum atomic E-state index is -0.138. The number of hydrogen-bond acceptors (Lipinski definition) is 0. The van der Waals surface area contributed by atoms with E-state index < -0.39 is 0 Å². The number of benzene rings is 1. The Balaban J connectivity index is 2.73. The molecule has 0 amide bonds. The smallest absolute Gasteiger partial charge is 0.126 e. The van der Waals surface area contributed by atoms with Crippen molar-refractivity contribution in [3.63, 3.8) is 0 Å². The first-order valence-electron chi connectivity index (χ1n) is 4.22. The van der Waals surface area contributed by atoms with E-state index in [9.17, 15) is 4.39 Å². The van der Waals surface area contributed by atoms with Gasteiger partial charge in [-0.1, -0.05) is 40.2 Å². The van der Waals surface area contributed by atoms with E-state index in [4.69, 9.17) is 0 Å². The molecule has 0 aliphatic carbocycles. The molecule has 0 spiro atoms. The zero-order valence-electron chi connectivity index (χ0n) is 7.56. The number of allylic oxidation sites excluding steroid dienone is 1. The van der Waals surface area contributed by atoms with E-state index in [1.54, 1.807) is 19.1 Å². The first kappa shape index (κ1) is 10.5. The number of halogens is 2. The Morgan fingerprint density at radius 2 is 2.23 bits per heavy atom. The van der Waals surface area contributed by atoms with Crippen LogP contribution in [0.5, 0.6) is 0 Å². The first-order chi connectivity index (χ1) is 6.24. The molecule has 13 heavy (non-hydrogen) atoms. The second-order valence-electron chi connectivity index (χ2n) is 2.89. The third-order valence-corrected chi connectivity index (χ3v) is 2.24. The molecule has 1 rings (SSSR count). The number of aryl methyl sites for hydroxylation is 1. The fraction of sp³-hybridized carbons (Fsp3) is 0.273. The predicted octanol–water partition coefficient (Wildman–Crippen LogP) is 3.93. The summed E-state index contributed by atoms with van der Waals surface area (Å²) in [6.45, 7) is 1.77. The van der Waals surface area contributed by atoms with Gasteiger partial charge in [-0.3, -0.25) is 0 Å². The average Bonchev–Trinajstić information content (AvgIpc) is 2.12. The highest BCUT2D eigenvalue weighted by Crippen LogP contribution is 2.10. The van der Waals surface area contributed by atoms with Crippen molar-refractivity contribution in [1.82, 2.24) is 0 Å². The summed E-state index contributed by atoms with van der Waals surface area (Å²) in [5.74, 6) is -0.138. The van der Waals surface area contributed by atoms with E-state index in [0.29, 0.717) is 5.56 Å². The van der Waals surface area contributed by atoms with E-state index in [2.05, 4.69) is 15.9 Å². The zero-order chi connectivity index (χ0) is 9.68. The normalized spacial score (nSPS) is 11.0.